The minimum absolute atomic E-state index is 0. The third-order valence-electron chi connectivity index (χ3n) is 0.474. The fourth-order valence-electron chi connectivity index (χ4n) is 0.143. The van der Waals surface area contributed by atoms with E-state index in [1.54, 1.807) is 0 Å². The van der Waals surface area contributed by atoms with Crippen molar-refractivity contribution in [2.45, 2.75) is 6.42 Å². The van der Waals surface area contributed by atoms with Gasteiger partial charge in [0, 0.05) is 0 Å². The second-order valence-electron chi connectivity index (χ2n) is 0.992. The van der Waals surface area contributed by atoms with E-state index in [0.29, 0.717) is 0 Å². The van der Waals surface area contributed by atoms with Crippen molar-refractivity contribution < 1.29 is 29.7 Å². The number of ketones is 1. The van der Waals surface area contributed by atoms with Gasteiger partial charge in [0.15, 0.2) is 0 Å². The van der Waals surface area contributed by atoms with Crippen molar-refractivity contribution in [2.75, 3.05) is 0 Å². The molecule has 0 aromatic rings. The molecule has 44 valence electrons. The van der Waals surface area contributed by atoms with Crippen LogP contribution < -0.4 is 0 Å². The van der Waals surface area contributed by atoms with E-state index in [-0.39, 0.29) is 32.3 Å². The zero-order chi connectivity index (χ0) is 5.70. The number of allylic oxidation sites excluding steroid dienone is 1. The Morgan fingerprint density at radius 3 is 2.38 bits per heavy atom. The van der Waals surface area contributed by atoms with Crippen LogP contribution in [0.25, 0.3) is 0 Å². The maximum Gasteiger partial charge on any atom is 3.00 e. The van der Waals surface area contributed by atoms with E-state index in [1.807, 2.05) is 0 Å². The quantitative estimate of drug-likeness (QED) is 0.424. The molecule has 0 atom stereocenters. The average molecular weight is 289 g/mol. The number of carbonyl (C=O) groups is 1. The molecule has 0 rings (SSSR count). The van der Waals surface area contributed by atoms with E-state index in [0.717, 1.165) is 6.08 Å². The van der Waals surface area contributed by atoms with Gasteiger partial charge in [0.25, 0.3) is 0 Å². The molecule has 0 amide bonds. The van der Waals surface area contributed by atoms with Gasteiger partial charge in [-0.25, -0.2) is 0 Å². The van der Waals surface area contributed by atoms with E-state index in [4.69, 9.17) is 0 Å². The van der Waals surface area contributed by atoms with Crippen LogP contribution in [0.3, 0.4) is 0 Å². The Balaban J connectivity index is 0. The fraction of sp³-hybridized carbons (Fsp3) is 0.200. The van der Waals surface area contributed by atoms with Crippen LogP contribution in [0.5, 0.6) is 0 Å². The molecule has 0 N–H and O–H groups in total. The molecule has 2 nitrogen and oxygen atoms in total. The molecule has 3 heteroatoms. The molecule has 0 aromatic carbocycles. The van der Waals surface area contributed by atoms with Gasteiger partial charge in [0.2, 0.25) is 0 Å². The Hall–Kier alpha value is -0.271. The van der Waals surface area contributed by atoms with E-state index >= 15 is 0 Å². The molecule has 0 aromatic heterocycles. The zero-order valence-corrected chi connectivity index (χ0v) is 6.54. The van der Waals surface area contributed by atoms with E-state index in [2.05, 4.69) is 6.58 Å². The van der Waals surface area contributed by atoms with Gasteiger partial charge in [-0.05, 0) is 6.08 Å². The van der Waals surface area contributed by atoms with Crippen molar-refractivity contribution in [3.8, 4) is 0 Å². The Morgan fingerprint density at radius 2 is 2.25 bits per heavy atom. The predicted molar refractivity (Wildman–Crippen MR) is 25.5 cm³/mol. The molecule has 0 aliphatic rings. The van der Waals surface area contributed by atoms with Crippen molar-refractivity contribution in [2.24, 2.45) is 0 Å². The molecule has 0 aliphatic carbocycles. The monoisotopic (exact) mass is 290 g/mol. The average Bonchev–Trinajstić information content (AvgIpc) is 1.68. The SMILES string of the molecule is C=CC(=O)C[C-]=O.[Ir+3]. The summed E-state index contributed by atoms with van der Waals surface area (Å²) in [5.74, 6) is -0.282. The number of hydrogen-bond donors (Lipinski definition) is 0. The van der Waals surface area contributed by atoms with Crippen LogP contribution in [-0.4, -0.2) is 12.1 Å². The van der Waals surface area contributed by atoms with Crippen LogP contribution in [0.4, 0.5) is 0 Å². The number of rotatable bonds is 3. The van der Waals surface area contributed by atoms with Crippen LogP contribution in [-0.2, 0) is 29.7 Å². The summed E-state index contributed by atoms with van der Waals surface area (Å²) in [7, 11) is 0. The summed E-state index contributed by atoms with van der Waals surface area (Å²) < 4.78 is 0. The number of hydrogen-bond acceptors (Lipinski definition) is 2. The van der Waals surface area contributed by atoms with Gasteiger partial charge in [-0.3, -0.25) is 11.1 Å². The van der Waals surface area contributed by atoms with Crippen molar-refractivity contribution >= 4 is 12.1 Å². The first-order valence-electron chi connectivity index (χ1n) is 1.81. The summed E-state index contributed by atoms with van der Waals surface area (Å²) in [5.41, 5.74) is 0. The van der Waals surface area contributed by atoms with Gasteiger partial charge in [-0.1, -0.05) is 13.0 Å². The van der Waals surface area contributed by atoms with Gasteiger partial charge >= 0.3 is 20.1 Å². The molecule has 0 aliphatic heterocycles. The minimum atomic E-state index is -0.282. The number of carbonyl (C=O) groups excluding carboxylic acids is 2. The Labute approximate surface area is 61.3 Å². The van der Waals surface area contributed by atoms with Crippen LogP contribution in [0.2, 0.25) is 0 Å². The Bertz CT molecular complexity index is 98.6. The van der Waals surface area contributed by atoms with Crippen LogP contribution in [0.15, 0.2) is 12.7 Å². The van der Waals surface area contributed by atoms with Crippen LogP contribution in [0.1, 0.15) is 6.42 Å². The molecule has 0 saturated carbocycles. The molecule has 8 heavy (non-hydrogen) atoms. The third kappa shape index (κ3) is 5.73. The van der Waals surface area contributed by atoms with Gasteiger partial charge in [-0.2, -0.15) is 0 Å². The summed E-state index contributed by atoms with van der Waals surface area (Å²) in [6.45, 7) is 3.15. The predicted octanol–water partition coefficient (Wildman–Crippen LogP) is 0.239. The topological polar surface area (TPSA) is 34.1 Å². The molecule has 0 fully saturated rings. The molecular weight excluding hydrogens is 284 g/mol. The second kappa shape index (κ2) is 6.73. The standard InChI is InChI=1S/C5H5O2.Ir/c1-2-5(7)3-4-6;/h2H,1,3H2;/q-1;+3. The van der Waals surface area contributed by atoms with E-state index < -0.39 is 0 Å². The summed E-state index contributed by atoms with van der Waals surface area (Å²) in [6.07, 6.45) is 2.39. The van der Waals surface area contributed by atoms with Gasteiger partial charge in [0.1, 0.15) is 5.78 Å². The van der Waals surface area contributed by atoms with E-state index in [1.165, 1.54) is 6.29 Å². The maximum atomic E-state index is 10.0. The van der Waals surface area contributed by atoms with Crippen molar-refractivity contribution in [3.63, 3.8) is 0 Å². The van der Waals surface area contributed by atoms with Crippen LogP contribution in [0, 0.1) is 0 Å². The zero-order valence-electron chi connectivity index (χ0n) is 4.14. The minimum Gasteiger partial charge on any atom is -0.541 e. The molecule has 0 radical (unpaired) electrons. The smallest absolute Gasteiger partial charge is 0.541 e. The second-order valence-corrected chi connectivity index (χ2v) is 0.992. The van der Waals surface area contributed by atoms with Crippen molar-refractivity contribution in [1.82, 2.24) is 0 Å². The first kappa shape index (κ1) is 10.7. The molecule has 0 heterocycles. The van der Waals surface area contributed by atoms with Crippen molar-refractivity contribution in [1.29, 1.82) is 0 Å². The molecule has 0 bridgehead atoms. The largest absolute Gasteiger partial charge is 3.00 e. The van der Waals surface area contributed by atoms with Crippen molar-refractivity contribution in [3.05, 3.63) is 12.7 Å². The van der Waals surface area contributed by atoms with Gasteiger partial charge in [-0.15, -0.1) is 0 Å². The first-order valence-corrected chi connectivity index (χ1v) is 1.81. The summed E-state index contributed by atoms with van der Waals surface area (Å²) >= 11 is 0. The molecule has 0 spiro atoms. The third-order valence-corrected chi connectivity index (χ3v) is 0.474. The normalized spacial score (nSPS) is 6.50. The fourth-order valence-corrected chi connectivity index (χ4v) is 0.143. The Morgan fingerprint density at radius 1 is 1.75 bits per heavy atom. The van der Waals surface area contributed by atoms with E-state index in [9.17, 15) is 9.59 Å². The van der Waals surface area contributed by atoms with Crippen LogP contribution >= 0.6 is 0 Å². The van der Waals surface area contributed by atoms with Gasteiger partial charge < -0.3 is 4.79 Å². The van der Waals surface area contributed by atoms with Gasteiger partial charge in [0.05, 0.1) is 0 Å². The summed E-state index contributed by atoms with van der Waals surface area (Å²) in [6, 6.07) is 0. The molecular formula is C5H5IrO2+2. The molecule has 0 saturated heterocycles. The summed E-state index contributed by atoms with van der Waals surface area (Å²) in [4.78, 5) is 19.4. The molecule has 0 unspecified atom stereocenters. The first-order chi connectivity index (χ1) is 3.31. The maximum absolute atomic E-state index is 10.0. The Kier molecular flexibility index (Phi) is 8.97. The summed E-state index contributed by atoms with van der Waals surface area (Å²) in [5, 5.41) is 0.